The van der Waals surface area contributed by atoms with Crippen LogP contribution >= 0.6 is 0 Å². The van der Waals surface area contributed by atoms with Crippen molar-refractivity contribution in [2.75, 3.05) is 48.8 Å². The molecule has 1 saturated heterocycles. The molecule has 0 aliphatic carbocycles. The molecule has 1 amide bonds. The minimum absolute atomic E-state index is 0.0195. The normalized spacial score (nSPS) is 14.3. The minimum atomic E-state index is -0.502. The molecule has 1 aliphatic heterocycles. The van der Waals surface area contributed by atoms with Crippen molar-refractivity contribution in [3.05, 3.63) is 70.3 Å². The Morgan fingerprint density at radius 1 is 1.10 bits per heavy atom. The molecule has 0 atom stereocenters. The van der Waals surface area contributed by atoms with E-state index in [2.05, 4.69) is 42.7 Å². The summed E-state index contributed by atoms with van der Waals surface area (Å²) in [5.74, 6) is -0.0477. The van der Waals surface area contributed by atoms with E-state index in [1.165, 1.54) is 6.20 Å². The number of anilines is 4. The number of nitrogens with one attached hydrogen (secondary N) is 3. The van der Waals surface area contributed by atoms with Crippen molar-refractivity contribution in [2.45, 2.75) is 6.92 Å². The van der Waals surface area contributed by atoms with E-state index in [1.807, 2.05) is 31.2 Å². The van der Waals surface area contributed by atoms with E-state index in [1.54, 1.807) is 18.3 Å². The maximum Gasteiger partial charge on any atom is 0.263 e. The molecule has 2 aromatic heterocycles. The Morgan fingerprint density at radius 2 is 1.84 bits per heavy atom. The van der Waals surface area contributed by atoms with Gasteiger partial charge in [0.25, 0.3) is 11.5 Å². The Balaban J connectivity index is 1.50. The number of hydrogen-bond acceptors (Lipinski definition) is 7. The van der Waals surface area contributed by atoms with Crippen molar-refractivity contribution in [2.24, 2.45) is 0 Å². The van der Waals surface area contributed by atoms with Crippen molar-refractivity contribution < 1.29 is 4.79 Å². The van der Waals surface area contributed by atoms with Crippen LogP contribution in [0.25, 0.3) is 0 Å². The van der Waals surface area contributed by atoms with E-state index >= 15 is 0 Å². The molecule has 3 N–H and O–H groups in total. The van der Waals surface area contributed by atoms with Gasteiger partial charge in [0.15, 0.2) is 5.82 Å². The van der Waals surface area contributed by atoms with Crippen LogP contribution in [0.3, 0.4) is 0 Å². The summed E-state index contributed by atoms with van der Waals surface area (Å²) in [6.07, 6.45) is 3.11. The second kappa shape index (κ2) is 8.97. The number of aromatic nitrogens is 3. The van der Waals surface area contributed by atoms with Gasteiger partial charge in [0, 0.05) is 43.8 Å². The lowest BCUT2D eigenvalue weighted by atomic mass is 10.2. The Bertz CT molecular complexity index is 1120. The molecule has 1 fully saturated rings. The number of H-pyrrole nitrogens is 1. The molecule has 0 unspecified atom stereocenters. The van der Waals surface area contributed by atoms with E-state index < -0.39 is 11.5 Å². The Morgan fingerprint density at radius 3 is 2.55 bits per heavy atom. The summed E-state index contributed by atoms with van der Waals surface area (Å²) in [5.41, 5.74) is 2.49. The number of likely N-dealkylation sites (N-methyl/N-ethyl adjacent to an activating group) is 1. The standard InChI is InChI=1S/C22H25N7O2/c1-15-13-19(27-24-14-15)26-18-7-8-23-21(30)20(18)22(31)25-16-3-5-17(6-4-16)29-11-9-28(2)10-12-29/h3-8,13-14H,9-12H2,1-2H3,(H,25,31)(H2,23,26,27,30). The van der Waals surface area contributed by atoms with Crippen LogP contribution in [0.2, 0.25) is 0 Å². The molecule has 0 bridgehead atoms. The van der Waals surface area contributed by atoms with Crippen molar-refractivity contribution in [3.8, 4) is 0 Å². The maximum atomic E-state index is 12.9. The van der Waals surface area contributed by atoms with E-state index in [-0.39, 0.29) is 5.56 Å². The second-order valence-electron chi connectivity index (χ2n) is 7.63. The third-order valence-corrected chi connectivity index (χ3v) is 5.24. The van der Waals surface area contributed by atoms with Gasteiger partial charge in [-0.2, -0.15) is 5.10 Å². The molecular formula is C22H25N7O2. The van der Waals surface area contributed by atoms with Crippen LogP contribution in [0.15, 0.2) is 53.6 Å². The Kier molecular flexibility index (Phi) is 5.94. The van der Waals surface area contributed by atoms with Gasteiger partial charge >= 0.3 is 0 Å². The number of benzene rings is 1. The van der Waals surface area contributed by atoms with Gasteiger partial charge in [-0.25, -0.2) is 0 Å². The quantitative estimate of drug-likeness (QED) is 0.582. The zero-order chi connectivity index (χ0) is 21.8. The van der Waals surface area contributed by atoms with Gasteiger partial charge in [-0.15, -0.1) is 5.10 Å². The molecule has 0 radical (unpaired) electrons. The van der Waals surface area contributed by atoms with Crippen LogP contribution in [-0.4, -0.2) is 59.2 Å². The third kappa shape index (κ3) is 4.89. The van der Waals surface area contributed by atoms with Gasteiger partial charge in [-0.1, -0.05) is 0 Å². The number of nitrogens with zero attached hydrogens (tertiary/aromatic N) is 4. The average Bonchev–Trinajstić information content (AvgIpc) is 2.75. The van der Waals surface area contributed by atoms with E-state index in [4.69, 9.17) is 0 Å². The number of amides is 1. The minimum Gasteiger partial charge on any atom is -0.369 e. The fourth-order valence-corrected chi connectivity index (χ4v) is 3.48. The molecule has 0 saturated carbocycles. The zero-order valence-electron chi connectivity index (χ0n) is 17.6. The first-order chi connectivity index (χ1) is 15.0. The molecule has 0 spiro atoms. The monoisotopic (exact) mass is 419 g/mol. The van der Waals surface area contributed by atoms with Crippen LogP contribution in [0.1, 0.15) is 15.9 Å². The zero-order valence-corrected chi connectivity index (χ0v) is 17.6. The highest BCUT2D eigenvalue weighted by molar-refractivity contribution is 6.08. The summed E-state index contributed by atoms with van der Waals surface area (Å²) in [6, 6.07) is 11.1. The molecule has 3 heterocycles. The van der Waals surface area contributed by atoms with E-state index in [0.29, 0.717) is 17.2 Å². The summed E-state index contributed by atoms with van der Waals surface area (Å²) in [4.78, 5) is 32.5. The topological polar surface area (TPSA) is 106 Å². The van der Waals surface area contributed by atoms with Crippen molar-refractivity contribution >= 4 is 28.8 Å². The fraction of sp³-hybridized carbons (Fsp3) is 0.273. The number of aromatic amines is 1. The molecule has 3 aromatic rings. The predicted octanol–water partition coefficient (Wildman–Crippen LogP) is 2.22. The molecule has 31 heavy (non-hydrogen) atoms. The van der Waals surface area contributed by atoms with Crippen LogP contribution in [0.5, 0.6) is 0 Å². The average molecular weight is 419 g/mol. The predicted molar refractivity (Wildman–Crippen MR) is 121 cm³/mol. The lowest BCUT2D eigenvalue weighted by Crippen LogP contribution is -2.44. The Hall–Kier alpha value is -3.72. The summed E-state index contributed by atoms with van der Waals surface area (Å²) in [5, 5.41) is 13.7. The van der Waals surface area contributed by atoms with Gasteiger partial charge in [0.05, 0.1) is 11.9 Å². The third-order valence-electron chi connectivity index (χ3n) is 5.24. The molecule has 1 aliphatic rings. The number of piperazine rings is 1. The van der Waals surface area contributed by atoms with E-state index in [9.17, 15) is 9.59 Å². The van der Waals surface area contributed by atoms with Crippen molar-refractivity contribution in [3.63, 3.8) is 0 Å². The number of rotatable bonds is 5. The van der Waals surface area contributed by atoms with Gasteiger partial charge in [-0.3, -0.25) is 9.59 Å². The highest BCUT2D eigenvalue weighted by Gasteiger charge is 2.18. The van der Waals surface area contributed by atoms with Crippen molar-refractivity contribution in [1.82, 2.24) is 20.1 Å². The second-order valence-corrected chi connectivity index (χ2v) is 7.63. The van der Waals surface area contributed by atoms with Crippen LogP contribution in [0, 0.1) is 6.92 Å². The first-order valence-corrected chi connectivity index (χ1v) is 10.1. The van der Waals surface area contributed by atoms with Crippen molar-refractivity contribution in [1.29, 1.82) is 0 Å². The maximum absolute atomic E-state index is 12.9. The summed E-state index contributed by atoms with van der Waals surface area (Å²) < 4.78 is 0. The number of carbonyl (C=O) groups is 1. The van der Waals surface area contributed by atoms with Gasteiger partial charge < -0.3 is 25.4 Å². The number of carbonyl (C=O) groups excluding carboxylic acids is 1. The molecule has 1 aromatic carbocycles. The smallest absolute Gasteiger partial charge is 0.263 e. The Labute approximate surface area is 180 Å². The molecular weight excluding hydrogens is 394 g/mol. The summed E-state index contributed by atoms with van der Waals surface area (Å²) in [7, 11) is 2.12. The summed E-state index contributed by atoms with van der Waals surface area (Å²) >= 11 is 0. The van der Waals surface area contributed by atoms with Crippen LogP contribution in [0.4, 0.5) is 22.9 Å². The highest BCUT2D eigenvalue weighted by atomic mass is 16.2. The number of hydrogen-bond donors (Lipinski definition) is 3. The highest BCUT2D eigenvalue weighted by Crippen LogP contribution is 2.21. The molecule has 4 rings (SSSR count). The van der Waals surface area contributed by atoms with Crippen LogP contribution < -0.4 is 21.1 Å². The van der Waals surface area contributed by atoms with Gasteiger partial charge in [-0.05, 0) is 55.9 Å². The van der Waals surface area contributed by atoms with Gasteiger partial charge in [0.1, 0.15) is 5.56 Å². The largest absolute Gasteiger partial charge is 0.369 e. The molecule has 9 nitrogen and oxygen atoms in total. The molecule has 160 valence electrons. The van der Waals surface area contributed by atoms with Crippen LogP contribution in [-0.2, 0) is 0 Å². The summed E-state index contributed by atoms with van der Waals surface area (Å²) in [6.45, 7) is 5.88. The lowest BCUT2D eigenvalue weighted by Gasteiger charge is -2.34. The number of aryl methyl sites for hydroxylation is 1. The van der Waals surface area contributed by atoms with E-state index in [0.717, 1.165) is 37.4 Å². The van der Waals surface area contributed by atoms with Gasteiger partial charge in [0.2, 0.25) is 0 Å². The first-order valence-electron chi connectivity index (χ1n) is 10.1. The molecule has 9 heteroatoms. The fourth-order valence-electron chi connectivity index (χ4n) is 3.48. The lowest BCUT2D eigenvalue weighted by molar-refractivity contribution is 0.102. The first kappa shape index (κ1) is 20.5. The SMILES string of the molecule is Cc1cnnc(Nc2cc[nH]c(=O)c2C(=O)Nc2ccc(N3CCN(C)CC3)cc2)c1. The number of pyridine rings is 1.